The molecule has 1 aliphatic heterocycles. The van der Waals surface area contributed by atoms with E-state index in [0.29, 0.717) is 16.5 Å². The van der Waals surface area contributed by atoms with Crippen molar-refractivity contribution < 1.29 is 14.6 Å². The standard InChI is InChI=1S/C20H17N5O3/c21-9-14-4-3-13(10-22-14)12-28-20(27)18-19(26)15-5-6-17(24-16(15)11-23-18)25-7-1-2-8-25/h3-6,10-11,26H,1-2,7-8,12H2. The van der Waals surface area contributed by atoms with E-state index in [-0.39, 0.29) is 23.7 Å². The Labute approximate surface area is 161 Å². The molecule has 1 N–H and O–H groups in total. The molecule has 3 aromatic rings. The lowest BCUT2D eigenvalue weighted by Crippen LogP contribution is -2.18. The average Bonchev–Trinajstić information content (AvgIpc) is 3.27. The van der Waals surface area contributed by atoms with Crippen molar-refractivity contribution in [1.29, 1.82) is 5.26 Å². The topological polar surface area (TPSA) is 112 Å². The van der Waals surface area contributed by atoms with Crippen LogP contribution < -0.4 is 4.90 Å². The highest BCUT2D eigenvalue weighted by Gasteiger charge is 2.20. The lowest BCUT2D eigenvalue weighted by atomic mass is 10.2. The largest absolute Gasteiger partial charge is 0.505 e. The summed E-state index contributed by atoms with van der Waals surface area (Å²) in [7, 11) is 0. The first-order valence-electron chi connectivity index (χ1n) is 8.91. The second-order valence-electron chi connectivity index (χ2n) is 6.49. The molecule has 3 aromatic heterocycles. The molecule has 8 nitrogen and oxygen atoms in total. The zero-order chi connectivity index (χ0) is 19.5. The molecule has 0 radical (unpaired) electrons. The second kappa shape index (κ2) is 7.48. The molecule has 0 bridgehead atoms. The number of carbonyl (C=O) groups excluding carboxylic acids is 1. The number of rotatable bonds is 4. The summed E-state index contributed by atoms with van der Waals surface area (Å²) in [5.74, 6) is -0.150. The van der Waals surface area contributed by atoms with E-state index in [2.05, 4.69) is 19.9 Å². The molecule has 4 rings (SSSR count). The minimum absolute atomic E-state index is 0.0388. The minimum Gasteiger partial charge on any atom is -0.505 e. The summed E-state index contributed by atoms with van der Waals surface area (Å²) in [6.07, 6.45) is 5.21. The number of nitrogens with zero attached hydrogens (tertiary/aromatic N) is 5. The van der Waals surface area contributed by atoms with Gasteiger partial charge in [-0.15, -0.1) is 0 Å². The molecular formula is C20H17N5O3. The number of aromatic nitrogens is 3. The molecule has 0 amide bonds. The Balaban J connectivity index is 1.52. The molecule has 140 valence electrons. The van der Waals surface area contributed by atoms with Crippen LogP contribution >= 0.6 is 0 Å². The van der Waals surface area contributed by atoms with Gasteiger partial charge >= 0.3 is 5.97 Å². The van der Waals surface area contributed by atoms with Gasteiger partial charge in [-0.2, -0.15) is 5.26 Å². The molecule has 0 aliphatic carbocycles. The summed E-state index contributed by atoms with van der Waals surface area (Å²) < 4.78 is 5.21. The fourth-order valence-electron chi connectivity index (χ4n) is 3.14. The van der Waals surface area contributed by atoms with Crippen molar-refractivity contribution in [2.45, 2.75) is 19.4 Å². The SMILES string of the molecule is N#Cc1ccc(COC(=O)c2ncc3nc(N4CCCC4)ccc3c2O)cn1. The quantitative estimate of drug-likeness (QED) is 0.692. The van der Waals surface area contributed by atoms with Gasteiger partial charge in [0.15, 0.2) is 11.4 Å². The van der Waals surface area contributed by atoms with Gasteiger partial charge in [0.1, 0.15) is 24.2 Å². The molecule has 1 saturated heterocycles. The van der Waals surface area contributed by atoms with Crippen LogP contribution in [0.1, 0.15) is 34.6 Å². The molecule has 1 fully saturated rings. The van der Waals surface area contributed by atoms with E-state index < -0.39 is 5.97 Å². The lowest BCUT2D eigenvalue weighted by molar-refractivity contribution is 0.0462. The molecule has 0 unspecified atom stereocenters. The molecular weight excluding hydrogens is 358 g/mol. The van der Waals surface area contributed by atoms with Crippen molar-refractivity contribution in [1.82, 2.24) is 15.0 Å². The number of nitriles is 1. The first-order chi connectivity index (χ1) is 13.7. The van der Waals surface area contributed by atoms with Crippen LogP contribution in [0.5, 0.6) is 5.75 Å². The summed E-state index contributed by atoms with van der Waals surface area (Å²) in [4.78, 5) is 27.0. The van der Waals surface area contributed by atoms with Crippen LogP contribution in [0.3, 0.4) is 0 Å². The monoisotopic (exact) mass is 375 g/mol. The second-order valence-corrected chi connectivity index (χ2v) is 6.49. The van der Waals surface area contributed by atoms with E-state index in [9.17, 15) is 9.90 Å². The summed E-state index contributed by atoms with van der Waals surface area (Å²) in [5.41, 5.74) is 1.27. The van der Waals surface area contributed by atoms with Gasteiger partial charge in [0.05, 0.1) is 11.7 Å². The molecule has 0 spiro atoms. The number of pyridine rings is 3. The summed E-state index contributed by atoms with van der Waals surface area (Å²) >= 11 is 0. The predicted octanol–water partition coefficient (Wildman–Crippen LogP) is 2.56. The van der Waals surface area contributed by atoms with Crippen LogP contribution in [0.15, 0.2) is 36.7 Å². The maximum Gasteiger partial charge on any atom is 0.361 e. The smallest absolute Gasteiger partial charge is 0.361 e. The third-order valence-electron chi connectivity index (χ3n) is 4.64. The Bertz CT molecular complexity index is 1070. The number of fused-ring (bicyclic) bond motifs is 1. The lowest BCUT2D eigenvalue weighted by Gasteiger charge is -2.16. The highest BCUT2D eigenvalue weighted by molar-refractivity contribution is 5.98. The van der Waals surface area contributed by atoms with Crippen LogP contribution in [0.25, 0.3) is 10.9 Å². The highest BCUT2D eigenvalue weighted by atomic mass is 16.5. The molecule has 0 saturated carbocycles. The van der Waals surface area contributed by atoms with E-state index in [0.717, 1.165) is 31.7 Å². The Morgan fingerprint density at radius 1 is 1.18 bits per heavy atom. The Morgan fingerprint density at radius 2 is 2.00 bits per heavy atom. The van der Waals surface area contributed by atoms with E-state index in [1.807, 2.05) is 12.1 Å². The molecule has 4 heterocycles. The Kier molecular flexibility index (Phi) is 4.72. The van der Waals surface area contributed by atoms with Gasteiger partial charge in [-0.05, 0) is 31.0 Å². The van der Waals surface area contributed by atoms with Gasteiger partial charge in [0.2, 0.25) is 0 Å². The van der Waals surface area contributed by atoms with Gasteiger partial charge in [0, 0.05) is 30.2 Å². The van der Waals surface area contributed by atoms with E-state index in [1.165, 1.54) is 12.4 Å². The number of hydrogen-bond acceptors (Lipinski definition) is 8. The number of ether oxygens (including phenoxy) is 1. The van der Waals surface area contributed by atoms with Gasteiger partial charge in [-0.1, -0.05) is 6.07 Å². The van der Waals surface area contributed by atoms with Gasteiger partial charge < -0.3 is 14.7 Å². The van der Waals surface area contributed by atoms with Crippen molar-refractivity contribution in [3.05, 3.63) is 53.6 Å². The van der Waals surface area contributed by atoms with Crippen LogP contribution in [0.2, 0.25) is 0 Å². The fourth-order valence-corrected chi connectivity index (χ4v) is 3.14. The first-order valence-corrected chi connectivity index (χ1v) is 8.91. The van der Waals surface area contributed by atoms with Crippen LogP contribution in [-0.4, -0.2) is 39.1 Å². The minimum atomic E-state index is -0.743. The molecule has 28 heavy (non-hydrogen) atoms. The van der Waals surface area contributed by atoms with Crippen molar-refractivity contribution in [3.63, 3.8) is 0 Å². The zero-order valence-electron chi connectivity index (χ0n) is 15.0. The van der Waals surface area contributed by atoms with Crippen molar-refractivity contribution in [3.8, 4) is 11.8 Å². The van der Waals surface area contributed by atoms with Crippen LogP contribution in [0.4, 0.5) is 5.82 Å². The van der Waals surface area contributed by atoms with E-state index >= 15 is 0 Å². The Hall–Kier alpha value is -3.73. The number of anilines is 1. The number of carbonyl (C=O) groups is 1. The zero-order valence-corrected chi connectivity index (χ0v) is 15.0. The highest BCUT2D eigenvalue weighted by Crippen LogP contribution is 2.29. The third kappa shape index (κ3) is 3.42. The summed E-state index contributed by atoms with van der Waals surface area (Å²) in [6, 6.07) is 8.69. The number of esters is 1. The van der Waals surface area contributed by atoms with E-state index in [1.54, 1.807) is 18.2 Å². The summed E-state index contributed by atoms with van der Waals surface area (Å²) in [6.45, 7) is 1.89. The third-order valence-corrected chi connectivity index (χ3v) is 4.64. The number of hydrogen-bond donors (Lipinski definition) is 1. The fraction of sp³-hybridized carbons (Fsp3) is 0.250. The molecule has 0 aromatic carbocycles. The first kappa shape index (κ1) is 17.7. The van der Waals surface area contributed by atoms with Gasteiger partial charge in [-0.25, -0.2) is 19.7 Å². The Morgan fingerprint density at radius 3 is 2.71 bits per heavy atom. The van der Waals surface area contributed by atoms with Crippen molar-refractivity contribution in [2.75, 3.05) is 18.0 Å². The van der Waals surface area contributed by atoms with Gasteiger partial charge in [0.25, 0.3) is 0 Å². The maximum absolute atomic E-state index is 12.3. The van der Waals surface area contributed by atoms with Crippen LogP contribution in [0, 0.1) is 11.3 Å². The normalized spacial score (nSPS) is 13.5. The van der Waals surface area contributed by atoms with Crippen molar-refractivity contribution >= 4 is 22.7 Å². The molecule has 0 atom stereocenters. The summed E-state index contributed by atoms with van der Waals surface area (Å²) in [5, 5.41) is 19.7. The number of aromatic hydroxyl groups is 1. The maximum atomic E-state index is 12.3. The average molecular weight is 375 g/mol. The molecule has 8 heteroatoms. The van der Waals surface area contributed by atoms with Gasteiger partial charge in [-0.3, -0.25) is 0 Å². The molecule has 1 aliphatic rings. The van der Waals surface area contributed by atoms with E-state index in [4.69, 9.17) is 10.00 Å². The van der Waals surface area contributed by atoms with Crippen LogP contribution in [-0.2, 0) is 11.3 Å². The predicted molar refractivity (Wildman–Crippen MR) is 101 cm³/mol. The van der Waals surface area contributed by atoms with Crippen molar-refractivity contribution in [2.24, 2.45) is 0 Å².